The predicted octanol–water partition coefficient (Wildman–Crippen LogP) is 2.33. The maximum Gasteiger partial charge on any atom is 0.0849 e. The van der Waals surface area contributed by atoms with Crippen LogP contribution >= 0.6 is 0 Å². The Hall–Kier alpha value is -0.0800. The second-order valence-electron chi connectivity index (χ2n) is 5.70. The number of rotatable bonds is 2. The Kier molecular flexibility index (Phi) is 3.96. The summed E-state index contributed by atoms with van der Waals surface area (Å²) in [4.78, 5) is 0. The largest absolute Gasteiger partial charge is 0.390 e. The van der Waals surface area contributed by atoms with Crippen LogP contribution in [0.25, 0.3) is 0 Å². The van der Waals surface area contributed by atoms with Crippen molar-refractivity contribution in [2.75, 3.05) is 0 Å². The summed E-state index contributed by atoms with van der Waals surface area (Å²) in [5.74, 6) is 0.318. The zero-order valence-corrected chi connectivity index (χ0v) is 9.66. The van der Waals surface area contributed by atoms with Gasteiger partial charge < -0.3 is 10.2 Å². The number of aliphatic hydroxyl groups is 2. The monoisotopic (exact) mass is 200 g/mol. The van der Waals surface area contributed by atoms with Crippen molar-refractivity contribution in [2.24, 2.45) is 11.3 Å². The van der Waals surface area contributed by atoms with Crippen LogP contribution in [0.1, 0.15) is 52.9 Å². The molecule has 2 atom stereocenters. The van der Waals surface area contributed by atoms with Crippen molar-refractivity contribution in [1.29, 1.82) is 0 Å². The summed E-state index contributed by atoms with van der Waals surface area (Å²) in [7, 11) is 0. The highest BCUT2D eigenvalue weighted by atomic mass is 16.3. The molecule has 0 radical (unpaired) electrons. The molecule has 0 aromatic rings. The van der Waals surface area contributed by atoms with Gasteiger partial charge in [0.1, 0.15) is 0 Å². The molecule has 0 aromatic heterocycles. The van der Waals surface area contributed by atoms with Gasteiger partial charge in [-0.15, -0.1) is 0 Å². The zero-order chi connectivity index (χ0) is 10.8. The lowest BCUT2D eigenvalue weighted by atomic mass is 9.76. The Morgan fingerprint density at radius 3 is 1.93 bits per heavy atom. The van der Waals surface area contributed by atoms with Crippen LogP contribution in [0, 0.1) is 11.3 Å². The smallest absolute Gasteiger partial charge is 0.0849 e. The van der Waals surface area contributed by atoms with E-state index in [2.05, 4.69) is 0 Å². The molecule has 2 N–H and O–H groups in total. The van der Waals surface area contributed by atoms with Gasteiger partial charge >= 0.3 is 0 Å². The molecule has 14 heavy (non-hydrogen) atoms. The van der Waals surface area contributed by atoms with Crippen molar-refractivity contribution in [3.8, 4) is 0 Å². The standard InChI is InChI=1S/C12H24O2/c1-12(2,3)11(14)10(13)9-7-5-4-6-8-9/h9-11,13-14H,4-8H2,1-3H3. The first-order valence-corrected chi connectivity index (χ1v) is 5.79. The van der Waals surface area contributed by atoms with Crippen molar-refractivity contribution in [1.82, 2.24) is 0 Å². The van der Waals surface area contributed by atoms with Gasteiger partial charge in [-0.25, -0.2) is 0 Å². The molecule has 84 valence electrons. The first kappa shape index (κ1) is 12.0. The molecule has 0 saturated heterocycles. The molecule has 0 amide bonds. The molecule has 0 heterocycles. The van der Waals surface area contributed by atoms with E-state index >= 15 is 0 Å². The molecule has 1 fully saturated rings. The fourth-order valence-corrected chi connectivity index (χ4v) is 2.25. The molecule has 0 bridgehead atoms. The number of aliphatic hydroxyl groups excluding tert-OH is 2. The molecule has 0 aliphatic heterocycles. The van der Waals surface area contributed by atoms with Crippen LogP contribution in [0.2, 0.25) is 0 Å². The van der Waals surface area contributed by atoms with Crippen molar-refractivity contribution >= 4 is 0 Å². The van der Waals surface area contributed by atoms with Crippen LogP contribution in [0.15, 0.2) is 0 Å². The minimum Gasteiger partial charge on any atom is -0.390 e. The van der Waals surface area contributed by atoms with Gasteiger partial charge in [-0.3, -0.25) is 0 Å². The van der Waals surface area contributed by atoms with E-state index in [0.717, 1.165) is 12.8 Å². The van der Waals surface area contributed by atoms with E-state index in [1.807, 2.05) is 20.8 Å². The van der Waals surface area contributed by atoms with Gasteiger partial charge in [0.2, 0.25) is 0 Å². The van der Waals surface area contributed by atoms with Crippen molar-refractivity contribution in [3.05, 3.63) is 0 Å². The van der Waals surface area contributed by atoms with Gasteiger partial charge in [0, 0.05) is 0 Å². The Morgan fingerprint density at radius 2 is 1.50 bits per heavy atom. The van der Waals surface area contributed by atoms with E-state index in [9.17, 15) is 10.2 Å². The summed E-state index contributed by atoms with van der Waals surface area (Å²) < 4.78 is 0. The molecule has 1 rings (SSSR count). The summed E-state index contributed by atoms with van der Waals surface area (Å²) in [6.45, 7) is 5.93. The molecule has 0 spiro atoms. The van der Waals surface area contributed by atoms with Crippen molar-refractivity contribution < 1.29 is 10.2 Å². The van der Waals surface area contributed by atoms with E-state index < -0.39 is 12.2 Å². The summed E-state index contributed by atoms with van der Waals surface area (Å²) in [5.41, 5.74) is -0.211. The second-order valence-corrected chi connectivity index (χ2v) is 5.70. The average molecular weight is 200 g/mol. The van der Waals surface area contributed by atoms with Gasteiger partial charge in [-0.05, 0) is 24.2 Å². The van der Waals surface area contributed by atoms with E-state index in [1.165, 1.54) is 19.3 Å². The van der Waals surface area contributed by atoms with Crippen LogP contribution < -0.4 is 0 Å². The Balaban J connectivity index is 2.50. The minimum absolute atomic E-state index is 0.211. The third-order valence-electron chi connectivity index (χ3n) is 3.34. The maximum atomic E-state index is 10.0. The fraction of sp³-hybridized carbons (Fsp3) is 1.00. The molecular weight excluding hydrogens is 176 g/mol. The second kappa shape index (κ2) is 4.63. The first-order valence-electron chi connectivity index (χ1n) is 5.79. The Morgan fingerprint density at radius 1 is 1.00 bits per heavy atom. The topological polar surface area (TPSA) is 40.5 Å². The third-order valence-corrected chi connectivity index (χ3v) is 3.34. The minimum atomic E-state index is -0.592. The molecule has 2 unspecified atom stereocenters. The van der Waals surface area contributed by atoms with Gasteiger partial charge in [-0.1, -0.05) is 40.0 Å². The molecule has 1 aliphatic rings. The summed E-state index contributed by atoms with van der Waals surface area (Å²) >= 11 is 0. The average Bonchev–Trinajstić information content (AvgIpc) is 2.15. The predicted molar refractivity (Wildman–Crippen MR) is 58.0 cm³/mol. The molecule has 1 saturated carbocycles. The van der Waals surface area contributed by atoms with Gasteiger partial charge in [0.15, 0.2) is 0 Å². The molecule has 2 heteroatoms. The third kappa shape index (κ3) is 2.96. The van der Waals surface area contributed by atoms with E-state index in [-0.39, 0.29) is 5.41 Å². The number of hydrogen-bond acceptors (Lipinski definition) is 2. The van der Waals surface area contributed by atoms with Crippen LogP contribution in [0.4, 0.5) is 0 Å². The van der Waals surface area contributed by atoms with Gasteiger partial charge in [0.25, 0.3) is 0 Å². The quantitative estimate of drug-likeness (QED) is 0.718. The molecular formula is C12H24O2. The summed E-state index contributed by atoms with van der Waals surface area (Å²) in [5, 5.41) is 20.0. The molecule has 0 aromatic carbocycles. The van der Waals surface area contributed by atoms with Crippen molar-refractivity contribution in [3.63, 3.8) is 0 Å². The van der Waals surface area contributed by atoms with Crippen LogP contribution in [0.5, 0.6) is 0 Å². The highest BCUT2D eigenvalue weighted by molar-refractivity contribution is 4.85. The van der Waals surface area contributed by atoms with E-state index in [4.69, 9.17) is 0 Å². The lowest BCUT2D eigenvalue weighted by Crippen LogP contribution is -2.42. The summed E-state index contributed by atoms with van der Waals surface area (Å²) in [6.07, 6.45) is 4.73. The van der Waals surface area contributed by atoms with Crippen molar-refractivity contribution in [2.45, 2.75) is 65.1 Å². The highest BCUT2D eigenvalue weighted by Crippen LogP contribution is 2.32. The van der Waals surface area contributed by atoms with Gasteiger partial charge in [0.05, 0.1) is 12.2 Å². The SMILES string of the molecule is CC(C)(C)C(O)C(O)C1CCCCC1. The van der Waals surface area contributed by atoms with Crippen LogP contribution in [-0.4, -0.2) is 22.4 Å². The van der Waals surface area contributed by atoms with E-state index in [1.54, 1.807) is 0 Å². The molecule has 1 aliphatic carbocycles. The van der Waals surface area contributed by atoms with Gasteiger partial charge in [-0.2, -0.15) is 0 Å². The first-order chi connectivity index (χ1) is 6.43. The maximum absolute atomic E-state index is 10.0. The van der Waals surface area contributed by atoms with E-state index in [0.29, 0.717) is 5.92 Å². The molecule has 2 nitrogen and oxygen atoms in total. The fourth-order valence-electron chi connectivity index (χ4n) is 2.25. The summed E-state index contributed by atoms with van der Waals surface area (Å²) in [6, 6.07) is 0. The Bertz CT molecular complexity index is 166. The normalized spacial score (nSPS) is 24.6. The zero-order valence-electron chi connectivity index (χ0n) is 9.66. The lowest BCUT2D eigenvalue weighted by Gasteiger charge is -2.36. The number of hydrogen-bond donors (Lipinski definition) is 2. The van der Waals surface area contributed by atoms with Crippen LogP contribution in [0.3, 0.4) is 0 Å². The highest BCUT2D eigenvalue weighted by Gasteiger charge is 2.34. The van der Waals surface area contributed by atoms with Crippen LogP contribution in [-0.2, 0) is 0 Å². The lowest BCUT2D eigenvalue weighted by molar-refractivity contribution is -0.0769. The Labute approximate surface area is 87.3 Å².